The lowest BCUT2D eigenvalue weighted by Gasteiger charge is -1.99. The highest BCUT2D eigenvalue weighted by atomic mass is 35.5. The first-order valence-electron chi connectivity index (χ1n) is 6.86. The highest BCUT2D eigenvalue weighted by Crippen LogP contribution is 2.27. The normalized spacial score (nSPS) is 11.4. The predicted octanol–water partition coefficient (Wildman–Crippen LogP) is 4.72. The summed E-state index contributed by atoms with van der Waals surface area (Å²) < 4.78 is 1.61. The van der Waals surface area contributed by atoms with Gasteiger partial charge in [0.1, 0.15) is 5.65 Å². The van der Waals surface area contributed by atoms with Crippen molar-refractivity contribution in [1.29, 1.82) is 0 Å². The standard InChI is InChI=1S/C16H13ClN4O2/c1-9-5-6-11(8-12(9)17)19-20-15-13(16(22)23)18-14-10(2)4-3-7-21(14)15/h3-8H,1-2H3,(H,22,23). The lowest BCUT2D eigenvalue weighted by Crippen LogP contribution is -1.96. The van der Waals surface area contributed by atoms with Crippen LogP contribution in [0, 0.1) is 13.8 Å². The Hall–Kier alpha value is -2.73. The number of hydrogen-bond donors (Lipinski definition) is 1. The van der Waals surface area contributed by atoms with E-state index in [9.17, 15) is 9.90 Å². The summed E-state index contributed by atoms with van der Waals surface area (Å²) in [5.41, 5.74) is 2.73. The van der Waals surface area contributed by atoms with Gasteiger partial charge in [0.15, 0.2) is 11.5 Å². The number of benzene rings is 1. The van der Waals surface area contributed by atoms with Crippen molar-refractivity contribution in [3.05, 3.63) is 58.4 Å². The second-order valence-corrected chi connectivity index (χ2v) is 5.51. The van der Waals surface area contributed by atoms with Crippen molar-refractivity contribution < 1.29 is 9.90 Å². The smallest absolute Gasteiger partial charge is 0.358 e. The number of imidazole rings is 1. The number of rotatable bonds is 3. The van der Waals surface area contributed by atoms with E-state index in [0.29, 0.717) is 16.4 Å². The molecular weight excluding hydrogens is 316 g/mol. The predicted molar refractivity (Wildman–Crippen MR) is 87.3 cm³/mol. The average molecular weight is 329 g/mol. The number of azo groups is 1. The first-order chi connectivity index (χ1) is 11.0. The summed E-state index contributed by atoms with van der Waals surface area (Å²) in [6, 6.07) is 8.93. The lowest BCUT2D eigenvalue weighted by atomic mass is 10.2. The Morgan fingerprint density at radius 2 is 2.00 bits per heavy atom. The van der Waals surface area contributed by atoms with E-state index in [1.165, 1.54) is 0 Å². The number of aromatic carboxylic acids is 1. The van der Waals surface area contributed by atoms with Crippen LogP contribution < -0.4 is 0 Å². The van der Waals surface area contributed by atoms with Gasteiger partial charge in [0.25, 0.3) is 0 Å². The maximum Gasteiger partial charge on any atom is 0.358 e. The summed E-state index contributed by atoms with van der Waals surface area (Å²) in [4.78, 5) is 15.6. The Labute approximate surface area is 137 Å². The van der Waals surface area contributed by atoms with Crippen LogP contribution in [0.15, 0.2) is 46.8 Å². The van der Waals surface area contributed by atoms with Crippen LogP contribution in [0.1, 0.15) is 21.6 Å². The molecule has 3 rings (SSSR count). The average Bonchev–Trinajstić information content (AvgIpc) is 2.89. The zero-order valence-corrected chi connectivity index (χ0v) is 13.2. The highest BCUT2D eigenvalue weighted by molar-refractivity contribution is 6.31. The van der Waals surface area contributed by atoms with Gasteiger partial charge in [-0.05, 0) is 43.2 Å². The van der Waals surface area contributed by atoms with E-state index < -0.39 is 5.97 Å². The maximum absolute atomic E-state index is 11.4. The second kappa shape index (κ2) is 5.81. The maximum atomic E-state index is 11.4. The van der Waals surface area contributed by atoms with Crippen molar-refractivity contribution in [2.75, 3.05) is 0 Å². The fraction of sp³-hybridized carbons (Fsp3) is 0.125. The Morgan fingerprint density at radius 1 is 1.22 bits per heavy atom. The summed E-state index contributed by atoms with van der Waals surface area (Å²) in [5.74, 6) is -0.975. The van der Waals surface area contributed by atoms with E-state index in [4.69, 9.17) is 11.6 Å². The third kappa shape index (κ3) is 2.80. The molecule has 0 saturated heterocycles. The van der Waals surface area contributed by atoms with Crippen molar-refractivity contribution >= 4 is 34.7 Å². The number of halogens is 1. The van der Waals surface area contributed by atoms with Gasteiger partial charge >= 0.3 is 5.97 Å². The Bertz CT molecular complexity index is 947. The van der Waals surface area contributed by atoms with Crippen molar-refractivity contribution in [2.45, 2.75) is 13.8 Å². The van der Waals surface area contributed by atoms with Gasteiger partial charge in [0, 0.05) is 11.2 Å². The summed E-state index contributed by atoms with van der Waals surface area (Å²) in [5, 5.41) is 18.1. The molecule has 0 atom stereocenters. The molecule has 0 saturated carbocycles. The fourth-order valence-corrected chi connectivity index (χ4v) is 2.35. The number of hydrogen-bond acceptors (Lipinski definition) is 4. The molecule has 3 aromatic rings. The molecule has 0 aliphatic heterocycles. The lowest BCUT2D eigenvalue weighted by molar-refractivity contribution is 0.0692. The van der Waals surface area contributed by atoms with Gasteiger partial charge < -0.3 is 5.11 Å². The van der Waals surface area contributed by atoms with Crippen LogP contribution in [0.2, 0.25) is 5.02 Å². The minimum Gasteiger partial charge on any atom is -0.476 e. The van der Waals surface area contributed by atoms with Crippen LogP contribution in [-0.4, -0.2) is 20.5 Å². The van der Waals surface area contributed by atoms with E-state index >= 15 is 0 Å². The van der Waals surface area contributed by atoms with E-state index in [0.717, 1.165) is 11.1 Å². The number of pyridine rings is 1. The van der Waals surface area contributed by atoms with Gasteiger partial charge in [-0.2, -0.15) is 0 Å². The van der Waals surface area contributed by atoms with Gasteiger partial charge in [-0.3, -0.25) is 4.40 Å². The molecule has 0 fully saturated rings. The molecule has 1 N–H and O–H groups in total. The third-order valence-corrected chi connectivity index (χ3v) is 3.85. The van der Waals surface area contributed by atoms with Crippen LogP contribution >= 0.6 is 11.6 Å². The van der Waals surface area contributed by atoms with Gasteiger partial charge in [0.2, 0.25) is 0 Å². The van der Waals surface area contributed by atoms with Gasteiger partial charge in [-0.25, -0.2) is 9.78 Å². The summed E-state index contributed by atoms with van der Waals surface area (Å²) >= 11 is 6.06. The molecular formula is C16H13ClN4O2. The van der Waals surface area contributed by atoms with E-state index in [2.05, 4.69) is 15.2 Å². The largest absolute Gasteiger partial charge is 0.476 e. The molecule has 2 aromatic heterocycles. The molecule has 2 heterocycles. The molecule has 116 valence electrons. The number of nitrogens with zero attached hydrogens (tertiary/aromatic N) is 4. The van der Waals surface area contributed by atoms with Crippen molar-refractivity contribution in [2.24, 2.45) is 10.2 Å². The monoisotopic (exact) mass is 328 g/mol. The Kier molecular flexibility index (Phi) is 3.83. The zero-order chi connectivity index (χ0) is 16.6. The molecule has 0 unspecified atom stereocenters. The summed E-state index contributed by atoms with van der Waals surface area (Å²) in [6.07, 6.45) is 1.71. The Morgan fingerprint density at radius 3 is 2.70 bits per heavy atom. The number of aryl methyl sites for hydroxylation is 2. The number of carboxylic acid groups (broad SMARTS) is 1. The van der Waals surface area contributed by atoms with Crippen LogP contribution in [0.25, 0.3) is 5.65 Å². The van der Waals surface area contributed by atoms with Crippen LogP contribution in [0.5, 0.6) is 0 Å². The van der Waals surface area contributed by atoms with E-state index in [1.807, 2.05) is 26.0 Å². The molecule has 0 aliphatic rings. The van der Waals surface area contributed by atoms with Gasteiger partial charge in [0.05, 0.1) is 5.69 Å². The molecule has 0 bridgehead atoms. The second-order valence-electron chi connectivity index (χ2n) is 5.11. The van der Waals surface area contributed by atoms with Crippen molar-refractivity contribution in [3.63, 3.8) is 0 Å². The molecule has 1 aromatic carbocycles. The quantitative estimate of drug-likeness (QED) is 0.706. The van der Waals surface area contributed by atoms with E-state index in [-0.39, 0.29) is 11.5 Å². The number of carbonyl (C=O) groups is 1. The molecule has 0 amide bonds. The molecule has 0 spiro atoms. The fourth-order valence-electron chi connectivity index (χ4n) is 2.18. The van der Waals surface area contributed by atoms with Crippen LogP contribution in [-0.2, 0) is 0 Å². The zero-order valence-electron chi connectivity index (χ0n) is 12.5. The SMILES string of the molecule is Cc1ccc(N=Nc2c(C(=O)O)nc3c(C)cccn23)cc1Cl. The summed E-state index contributed by atoms with van der Waals surface area (Å²) in [6.45, 7) is 3.74. The summed E-state index contributed by atoms with van der Waals surface area (Å²) in [7, 11) is 0. The van der Waals surface area contributed by atoms with Crippen molar-refractivity contribution in [3.8, 4) is 0 Å². The minimum atomic E-state index is -1.15. The Balaban J connectivity index is 2.13. The van der Waals surface area contributed by atoms with E-state index in [1.54, 1.807) is 28.8 Å². The van der Waals surface area contributed by atoms with Gasteiger partial charge in [-0.15, -0.1) is 10.2 Å². The number of aromatic nitrogens is 2. The third-order valence-electron chi connectivity index (χ3n) is 3.44. The van der Waals surface area contributed by atoms with Crippen LogP contribution in [0.4, 0.5) is 11.5 Å². The highest BCUT2D eigenvalue weighted by Gasteiger charge is 2.19. The minimum absolute atomic E-state index is 0.138. The molecule has 7 heteroatoms. The first-order valence-corrected chi connectivity index (χ1v) is 7.24. The van der Waals surface area contributed by atoms with Crippen molar-refractivity contribution in [1.82, 2.24) is 9.38 Å². The molecule has 0 aliphatic carbocycles. The molecule has 0 radical (unpaired) electrons. The number of fused-ring (bicyclic) bond motifs is 1. The first kappa shape index (κ1) is 15.2. The molecule has 23 heavy (non-hydrogen) atoms. The van der Waals surface area contributed by atoms with Gasteiger partial charge in [-0.1, -0.05) is 23.7 Å². The van der Waals surface area contributed by atoms with Crippen LogP contribution in [0.3, 0.4) is 0 Å². The molecule has 6 nitrogen and oxygen atoms in total. The topological polar surface area (TPSA) is 79.3 Å². The number of carboxylic acids is 1.